The van der Waals surface area contributed by atoms with Crippen molar-refractivity contribution in [2.75, 3.05) is 0 Å². The fraction of sp³-hybridized carbons (Fsp3) is 0.385. The Hall–Kier alpha value is -1.89. The van der Waals surface area contributed by atoms with Crippen molar-refractivity contribution in [2.24, 2.45) is 5.73 Å². The minimum Gasteiger partial charge on any atom is -0.326 e. The number of nitrogens with two attached hydrogens (primary N) is 1. The number of alkyl halides is 3. The summed E-state index contributed by atoms with van der Waals surface area (Å²) < 4.78 is 39.5. The first-order valence-corrected chi connectivity index (χ1v) is 6.30. The molecule has 1 aromatic carbocycles. The molecule has 0 saturated carbocycles. The number of aryl methyl sites for hydroxylation is 1. The molecule has 2 heterocycles. The van der Waals surface area contributed by atoms with Crippen LogP contribution in [0, 0.1) is 0 Å². The van der Waals surface area contributed by atoms with Gasteiger partial charge in [0, 0.05) is 24.6 Å². The Bertz CT molecular complexity index is 616. The zero-order chi connectivity index (χ0) is 14.3. The van der Waals surface area contributed by atoms with Crippen LogP contribution >= 0.6 is 0 Å². The second-order valence-corrected chi connectivity index (χ2v) is 4.92. The maximum absolute atomic E-state index is 12.5. The molecule has 1 aliphatic rings. The van der Waals surface area contributed by atoms with Gasteiger partial charge in [0.1, 0.15) is 5.82 Å². The van der Waals surface area contributed by atoms with Crippen LogP contribution in [0.1, 0.15) is 17.8 Å². The molecule has 7 heteroatoms. The van der Waals surface area contributed by atoms with Crippen LogP contribution in [-0.4, -0.2) is 20.8 Å². The van der Waals surface area contributed by atoms with Gasteiger partial charge < -0.3 is 10.3 Å². The summed E-state index contributed by atoms with van der Waals surface area (Å²) in [5.41, 5.74) is 5.86. The lowest BCUT2D eigenvalue weighted by atomic mass is 10.1. The zero-order valence-corrected chi connectivity index (χ0v) is 10.6. The van der Waals surface area contributed by atoms with Gasteiger partial charge >= 0.3 is 6.18 Å². The van der Waals surface area contributed by atoms with E-state index in [1.165, 1.54) is 12.1 Å². The Balaban J connectivity index is 1.96. The number of rotatable bonds is 1. The highest BCUT2D eigenvalue weighted by atomic mass is 19.4. The molecule has 1 aliphatic heterocycles. The Labute approximate surface area is 113 Å². The van der Waals surface area contributed by atoms with Crippen molar-refractivity contribution < 1.29 is 13.2 Å². The standard InChI is InChI=1S/C13H13F3N4/c14-13(15,16)9-3-1-8(2-4-9)12-19-18-11-6-5-10(17)7-20(11)12/h1-4,10H,5-7,17H2. The minimum atomic E-state index is -4.33. The van der Waals surface area contributed by atoms with E-state index in [2.05, 4.69) is 10.2 Å². The summed E-state index contributed by atoms with van der Waals surface area (Å²) in [5, 5.41) is 8.14. The molecule has 0 aliphatic carbocycles. The van der Waals surface area contributed by atoms with Gasteiger partial charge in [0.2, 0.25) is 0 Å². The van der Waals surface area contributed by atoms with E-state index in [1.54, 1.807) is 0 Å². The molecule has 106 valence electrons. The lowest BCUT2D eigenvalue weighted by molar-refractivity contribution is -0.137. The Morgan fingerprint density at radius 1 is 1.15 bits per heavy atom. The van der Waals surface area contributed by atoms with Crippen molar-refractivity contribution in [3.63, 3.8) is 0 Å². The highest BCUT2D eigenvalue weighted by Crippen LogP contribution is 2.31. The van der Waals surface area contributed by atoms with Gasteiger partial charge in [-0.1, -0.05) is 12.1 Å². The highest BCUT2D eigenvalue weighted by molar-refractivity contribution is 5.56. The average Bonchev–Trinajstić information content (AvgIpc) is 2.81. The van der Waals surface area contributed by atoms with Crippen molar-refractivity contribution in [3.8, 4) is 11.4 Å². The molecule has 1 unspecified atom stereocenters. The summed E-state index contributed by atoms with van der Waals surface area (Å²) >= 11 is 0. The van der Waals surface area contributed by atoms with Crippen LogP contribution < -0.4 is 5.73 Å². The molecule has 3 rings (SSSR count). The molecule has 1 aromatic heterocycles. The minimum absolute atomic E-state index is 0.0340. The van der Waals surface area contributed by atoms with Crippen LogP contribution in [0.4, 0.5) is 13.2 Å². The first kappa shape index (κ1) is 13.1. The molecule has 2 aromatic rings. The van der Waals surface area contributed by atoms with Gasteiger partial charge in [-0.25, -0.2) is 0 Å². The van der Waals surface area contributed by atoms with Gasteiger partial charge in [0.15, 0.2) is 5.82 Å². The third-order valence-electron chi connectivity index (χ3n) is 3.45. The van der Waals surface area contributed by atoms with Gasteiger partial charge in [0.25, 0.3) is 0 Å². The van der Waals surface area contributed by atoms with E-state index in [4.69, 9.17) is 5.73 Å². The van der Waals surface area contributed by atoms with E-state index in [1.807, 2.05) is 4.57 Å². The van der Waals surface area contributed by atoms with Gasteiger partial charge in [-0.2, -0.15) is 13.2 Å². The van der Waals surface area contributed by atoms with Gasteiger partial charge in [0.05, 0.1) is 5.56 Å². The molecule has 4 nitrogen and oxygen atoms in total. The van der Waals surface area contributed by atoms with Crippen molar-refractivity contribution in [2.45, 2.75) is 31.6 Å². The molecule has 0 bridgehead atoms. The molecule has 0 fully saturated rings. The van der Waals surface area contributed by atoms with E-state index in [9.17, 15) is 13.2 Å². The number of fused-ring (bicyclic) bond motifs is 1. The summed E-state index contributed by atoms with van der Waals surface area (Å²) in [4.78, 5) is 0. The number of halogens is 3. The number of nitrogens with zero attached hydrogens (tertiary/aromatic N) is 3. The predicted octanol–water partition coefficient (Wildman–Crippen LogP) is 2.24. The Kier molecular flexibility index (Phi) is 3.01. The summed E-state index contributed by atoms with van der Waals surface area (Å²) in [5.74, 6) is 1.41. The normalized spacial score (nSPS) is 18.9. The van der Waals surface area contributed by atoms with Crippen LogP contribution in [0.2, 0.25) is 0 Å². The predicted molar refractivity (Wildman–Crippen MR) is 66.8 cm³/mol. The average molecular weight is 282 g/mol. The maximum Gasteiger partial charge on any atom is 0.416 e. The quantitative estimate of drug-likeness (QED) is 0.872. The summed E-state index contributed by atoms with van der Waals surface area (Å²) in [6.45, 7) is 0.596. The van der Waals surface area contributed by atoms with Crippen molar-refractivity contribution >= 4 is 0 Å². The largest absolute Gasteiger partial charge is 0.416 e. The highest BCUT2D eigenvalue weighted by Gasteiger charge is 2.30. The molecule has 0 spiro atoms. The molecule has 1 atom stereocenters. The lowest BCUT2D eigenvalue weighted by Gasteiger charge is -2.20. The van der Waals surface area contributed by atoms with E-state index < -0.39 is 11.7 Å². The van der Waals surface area contributed by atoms with Gasteiger partial charge in [-0.3, -0.25) is 0 Å². The van der Waals surface area contributed by atoms with E-state index in [0.29, 0.717) is 17.9 Å². The Morgan fingerprint density at radius 2 is 1.85 bits per heavy atom. The fourth-order valence-corrected chi connectivity index (χ4v) is 2.37. The Morgan fingerprint density at radius 3 is 2.50 bits per heavy atom. The first-order chi connectivity index (χ1) is 9.45. The number of benzene rings is 1. The third kappa shape index (κ3) is 2.29. The third-order valence-corrected chi connectivity index (χ3v) is 3.45. The monoisotopic (exact) mass is 282 g/mol. The molecule has 0 radical (unpaired) electrons. The second kappa shape index (κ2) is 4.59. The SMILES string of the molecule is NC1CCc2nnc(-c3ccc(C(F)(F)F)cc3)n2C1. The smallest absolute Gasteiger partial charge is 0.326 e. The van der Waals surface area contributed by atoms with Gasteiger partial charge in [-0.05, 0) is 18.6 Å². The van der Waals surface area contributed by atoms with Crippen LogP contribution in [0.15, 0.2) is 24.3 Å². The number of hydrogen-bond acceptors (Lipinski definition) is 3. The fourth-order valence-electron chi connectivity index (χ4n) is 2.37. The number of aromatic nitrogens is 3. The van der Waals surface area contributed by atoms with Crippen molar-refractivity contribution in [1.82, 2.24) is 14.8 Å². The summed E-state index contributed by atoms with van der Waals surface area (Å²) in [7, 11) is 0. The van der Waals surface area contributed by atoms with Gasteiger partial charge in [-0.15, -0.1) is 10.2 Å². The molecule has 0 amide bonds. The topological polar surface area (TPSA) is 56.7 Å². The second-order valence-electron chi connectivity index (χ2n) is 4.92. The molecule has 0 saturated heterocycles. The first-order valence-electron chi connectivity index (χ1n) is 6.30. The van der Waals surface area contributed by atoms with E-state index in [-0.39, 0.29) is 6.04 Å². The molecule has 20 heavy (non-hydrogen) atoms. The zero-order valence-electron chi connectivity index (χ0n) is 10.6. The van der Waals surface area contributed by atoms with E-state index in [0.717, 1.165) is 30.8 Å². The van der Waals surface area contributed by atoms with Crippen LogP contribution in [0.25, 0.3) is 11.4 Å². The van der Waals surface area contributed by atoms with Crippen molar-refractivity contribution in [1.29, 1.82) is 0 Å². The van der Waals surface area contributed by atoms with E-state index >= 15 is 0 Å². The van der Waals surface area contributed by atoms with Crippen LogP contribution in [-0.2, 0) is 19.1 Å². The molecular formula is C13H13F3N4. The lowest BCUT2D eigenvalue weighted by Crippen LogP contribution is -2.32. The van der Waals surface area contributed by atoms with Crippen molar-refractivity contribution in [3.05, 3.63) is 35.7 Å². The number of hydrogen-bond donors (Lipinski definition) is 1. The maximum atomic E-state index is 12.5. The van der Waals surface area contributed by atoms with Crippen LogP contribution in [0.3, 0.4) is 0 Å². The molecular weight excluding hydrogens is 269 g/mol. The summed E-state index contributed by atoms with van der Waals surface area (Å²) in [6.07, 6.45) is -2.73. The summed E-state index contributed by atoms with van der Waals surface area (Å²) in [6, 6.07) is 4.98. The molecule has 2 N–H and O–H groups in total. The van der Waals surface area contributed by atoms with Crippen LogP contribution in [0.5, 0.6) is 0 Å².